The Morgan fingerprint density at radius 3 is 2.50 bits per heavy atom. The summed E-state index contributed by atoms with van der Waals surface area (Å²) in [6.07, 6.45) is 0.603. The molecule has 0 aliphatic carbocycles. The van der Waals surface area contributed by atoms with Crippen molar-refractivity contribution in [1.29, 1.82) is 0 Å². The van der Waals surface area contributed by atoms with Crippen molar-refractivity contribution >= 4 is 17.6 Å². The van der Waals surface area contributed by atoms with Gasteiger partial charge in [-0.25, -0.2) is 0 Å². The second-order valence-corrected chi connectivity index (χ2v) is 6.13. The standard InChI is InChI=1S/C19H17NO4/c21-18(14-9-10-24-17-8-4-2-6-13(14)17)20-11-15(19(22)23)12-5-1-3-7-16(12)20/h1-8,14-15H,9-11H2,(H,22,23)/t14-,15+/m1/s1. The summed E-state index contributed by atoms with van der Waals surface area (Å²) >= 11 is 0. The van der Waals surface area contributed by atoms with Gasteiger partial charge in [-0.2, -0.15) is 0 Å². The van der Waals surface area contributed by atoms with E-state index in [1.54, 1.807) is 11.0 Å². The number of hydrogen-bond donors (Lipinski definition) is 1. The number of anilines is 1. The van der Waals surface area contributed by atoms with Crippen molar-refractivity contribution in [3.05, 3.63) is 59.7 Å². The molecule has 24 heavy (non-hydrogen) atoms. The SMILES string of the molecule is O=C(O)[C@H]1CN(C(=O)[C@@H]2CCOc3ccccc32)c2ccccc21. The van der Waals surface area contributed by atoms with Gasteiger partial charge in [-0.3, -0.25) is 9.59 Å². The Morgan fingerprint density at radius 2 is 1.71 bits per heavy atom. The van der Waals surface area contributed by atoms with Gasteiger partial charge in [0.1, 0.15) is 11.7 Å². The van der Waals surface area contributed by atoms with Crippen molar-refractivity contribution in [3.63, 3.8) is 0 Å². The lowest BCUT2D eigenvalue weighted by atomic mass is 9.92. The van der Waals surface area contributed by atoms with E-state index < -0.39 is 11.9 Å². The number of amides is 1. The van der Waals surface area contributed by atoms with E-state index >= 15 is 0 Å². The maximum atomic E-state index is 13.2. The summed E-state index contributed by atoms with van der Waals surface area (Å²) in [6.45, 7) is 0.679. The quantitative estimate of drug-likeness (QED) is 0.923. The molecule has 0 fully saturated rings. The Bertz CT molecular complexity index is 817. The third kappa shape index (κ3) is 2.24. The van der Waals surface area contributed by atoms with Gasteiger partial charge in [-0.1, -0.05) is 36.4 Å². The van der Waals surface area contributed by atoms with Crippen LogP contribution in [0, 0.1) is 0 Å². The molecule has 0 saturated heterocycles. The molecule has 2 aromatic rings. The van der Waals surface area contributed by atoms with Crippen molar-refractivity contribution < 1.29 is 19.4 Å². The van der Waals surface area contributed by atoms with Crippen LogP contribution in [-0.4, -0.2) is 30.1 Å². The normalized spacial score (nSPS) is 21.6. The highest BCUT2D eigenvalue weighted by atomic mass is 16.5. The van der Waals surface area contributed by atoms with Crippen LogP contribution in [0.15, 0.2) is 48.5 Å². The Hall–Kier alpha value is -2.82. The van der Waals surface area contributed by atoms with Crippen LogP contribution in [0.4, 0.5) is 5.69 Å². The number of carboxylic acids is 1. The van der Waals surface area contributed by atoms with Crippen LogP contribution in [-0.2, 0) is 9.59 Å². The Morgan fingerprint density at radius 1 is 1.00 bits per heavy atom. The fraction of sp³-hybridized carbons (Fsp3) is 0.263. The first kappa shape index (κ1) is 14.8. The number of carbonyl (C=O) groups is 2. The second kappa shape index (κ2) is 5.67. The number of benzene rings is 2. The average molecular weight is 323 g/mol. The Labute approximate surface area is 139 Å². The highest BCUT2D eigenvalue weighted by molar-refractivity contribution is 6.02. The maximum absolute atomic E-state index is 13.2. The average Bonchev–Trinajstić information content (AvgIpc) is 3.00. The maximum Gasteiger partial charge on any atom is 0.312 e. The zero-order chi connectivity index (χ0) is 16.7. The summed E-state index contributed by atoms with van der Waals surface area (Å²) in [5, 5.41) is 9.47. The fourth-order valence-electron chi connectivity index (χ4n) is 3.61. The topological polar surface area (TPSA) is 66.8 Å². The van der Waals surface area contributed by atoms with Gasteiger partial charge in [0.15, 0.2) is 0 Å². The first-order chi connectivity index (χ1) is 11.7. The summed E-state index contributed by atoms with van der Waals surface area (Å²) in [5.41, 5.74) is 2.29. The highest BCUT2D eigenvalue weighted by Gasteiger charge is 2.40. The van der Waals surface area contributed by atoms with Crippen LogP contribution in [0.5, 0.6) is 5.75 Å². The van der Waals surface area contributed by atoms with E-state index in [0.717, 1.165) is 11.3 Å². The summed E-state index contributed by atoms with van der Waals surface area (Å²) in [4.78, 5) is 26.3. The molecule has 1 N–H and O–H groups in total. The molecule has 0 aromatic heterocycles. The van der Waals surface area contributed by atoms with Gasteiger partial charge in [0, 0.05) is 17.8 Å². The molecule has 2 atom stereocenters. The van der Waals surface area contributed by atoms with Crippen LogP contribution in [0.1, 0.15) is 29.4 Å². The molecule has 0 spiro atoms. The molecule has 122 valence electrons. The number of fused-ring (bicyclic) bond motifs is 2. The molecule has 2 aliphatic rings. The van der Waals surface area contributed by atoms with Gasteiger partial charge in [0.2, 0.25) is 5.91 Å². The minimum Gasteiger partial charge on any atom is -0.493 e. The van der Waals surface area contributed by atoms with E-state index in [2.05, 4.69) is 0 Å². The molecular weight excluding hydrogens is 306 g/mol. The minimum atomic E-state index is -0.898. The number of ether oxygens (including phenoxy) is 1. The molecule has 5 heteroatoms. The lowest BCUT2D eigenvalue weighted by Gasteiger charge is -2.29. The lowest BCUT2D eigenvalue weighted by Crippen LogP contribution is -2.37. The summed E-state index contributed by atoms with van der Waals surface area (Å²) < 4.78 is 5.63. The molecule has 1 amide bonds. The van der Waals surface area contributed by atoms with Crippen LogP contribution in [0.3, 0.4) is 0 Å². The van der Waals surface area contributed by atoms with E-state index in [1.807, 2.05) is 42.5 Å². The van der Waals surface area contributed by atoms with Gasteiger partial charge in [0.05, 0.1) is 12.5 Å². The minimum absolute atomic E-state index is 0.0537. The molecule has 5 nitrogen and oxygen atoms in total. The predicted molar refractivity (Wildman–Crippen MR) is 88.5 cm³/mol. The van der Waals surface area contributed by atoms with Gasteiger partial charge >= 0.3 is 5.97 Å². The Balaban J connectivity index is 1.71. The number of hydrogen-bond acceptors (Lipinski definition) is 3. The van der Waals surface area contributed by atoms with Crippen molar-refractivity contribution in [2.75, 3.05) is 18.1 Å². The van der Waals surface area contributed by atoms with Crippen molar-refractivity contribution in [1.82, 2.24) is 0 Å². The van der Waals surface area contributed by atoms with E-state index in [4.69, 9.17) is 4.74 Å². The van der Waals surface area contributed by atoms with Crippen LogP contribution in [0.2, 0.25) is 0 Å². The third-order valence-corrected chi connectivity index (χ3v) is 4.79. The summed E-state index contributed by atoms with van der Waals surface area (Å²) in [6, 6.07) is 14.8. The van der Waals surface area contributed by atoms with Crippen molar-refractivity contribution in [2.24, 2.45) is 0 Å². The van der Waals surface area contributed by atoms with E-state index in [0.29, 0.717) is 24.3 Å². The summed E-state index contributed by atoms with van der Waals surface area (Å²) in [7, 11) is 0. The number of carbonyl (C=O) groups excluding carboxylic acids is 1. The molecule has 2 heterocycles. The van der Waals surface area contributed by atoms with Gasteiger partial charge in [0.25, 0.3) is 0 Å². The van der Waals surface area contributed by atoms with Crippen LogP contribution >= 0.6 is 0 Å². The van der Waals surface area contributed by atoms with E-state index in [-0.39, 0.29) is 18.4 Å². The number of rotatable bonds is 2. The van der Waals surface area contributed by atoms with E-state index in [9.17, 15) is 14.7 Å². The van der Waals surface area contributed by atoms with Crippen molar-refractivity contribution in [3.8, 4) is 5.75 Å². The number of carboxylic acid groups (broad SMARTS) is 1. The third-order valence-electron chi connectivity index (χ3n) is 4.79. The number of para-hydroxylation sites is 2. The molecule has 0 saturated carbocycles. The molecule has 2 aromatic carbocycles. The molecule has 0 bridgehead atoms. The largest absolute Gasteiger partial charge is 0.493 e. The van der Waals surface area contributed by atoms with Crippen LogP contribution in [0.25, 0.3) is 0 Å². The monoisotopic (exact) mass is 323 g/mol. The van der Waals surface area contributed by atoms with Gasteiger partial charge < -0.3 is 14.7 Å². The van der Waals surface area contributed by atoms with Crippen molar-refractivity contribution in [2.45, 2.75) is 18.3 Å². The molecule has 0 radical (unpaired) electrons. The smallest absolute Gasteiger partial charge is 0.312 e. The Kier molecular flexibility index (Phi) is 3.49. The predicted octanol–water partition coefficient (Wildman–Crippen LogP) is 2.77. The zero-order valence-corrected chi connectivity index (χ0v) is 13.0. The molecule has 0 unspecified atom stereocenters. The highest BCUT2D eigenvalue weighted by Crippen LogP contribution is 2.41. The van der Waals surface area contributed by atoms with Crippen LogP contribution < -0.4 is 9.64 Å². The fourth-order valence-corrected chi connectivity index (χ4v) is 3.61. The molecular formula is C19H17NO4. The van der Waals surface area contributed by atoms with Gasteiger partial charge in [-0.15, -0.1) is 0 Å². The zero-order valence-electron chi connectivity index (χ0n) is 13.0. The molecule has 2 aliphatic heterocycles. The number of nitrogens with zero attached hydrogens (tertiary/aromatic N) is 1. The first-order valence-electron chi connectivity index (χ1n) is 8.01. The lowest BCUT2D eigenvalue weighted by molar-refractivity contribution is -0.138. The van der Waals surface area contributed by atoms with E-state index in [1.165, 1.54) is 0 Å². The number of aliphatic carboxylic acids is 1. The van der Waals surface area contributed by atoms with Gasteiger partial charge in [-0.05, 0) is 24.1 Å². The second-order valence-electron chi connectivity index (χ2n) is 6.13. The molecule has 4 rings (SSSR count). The summed E-state index contributed by atoms with van der Waals surface area (Å²) in [5.74, 6) is -1.17. The first-order valence-corrected chi connectivity index (χ1v) is 8.01.